The van der Waals surface area contributed by atoms with E-state index in [1.807, 2.05) is 31.9 Å². The van der Waals surface area contributed by atoms with E-state index in [1.165, 1.54) is 5.56 Å². The summed E-state index contributed by atoms with van der Waals surface area (Å²) in [5, 5.41) is 3.18. The number of carbonyl (C=O) groups excluding carboxylic acids is 1. The van der Waals surface area contributed by atoms with Gasteiger partial charge in [-0.3, -0.25) is 4.79 Å². The summed E-state index contributed by atoms with van der Waals surface area (Å²) in [6.07, 6.45) is 1.56. The minimum atomic E-state index is 0.207. The normalized spacial score (nSPS) is 18.0. The van der Waals surface area contributed by atoms with Crippen LogP contribution in [0.4, 0.5) is 0 Å². The average molecular weight is 290 g/mol. The maximum atomic E-state index is 12.2. The minimum Gasteiger partial charge on any atom is -0.493 e. The zero-order valence-electron chi connectivity index (χ0n) is 13.3. The van der Waals surface area contributed by atoms with Gasteiger partial charge in [0.15, 0.2) is 0 Å². The molecule has 1 unspecified atom stereocenters. The van der Waals surface area contributed by atoms with Crippen molar-refractivity contribution in [1.29, 1.82) is 0 Å². The van der Waals surface area contributed by atoms with Crippen LogP contribution in [0.15, 0.2) is 18.2 Å². The highest BCUT2D eigenvalue weighted by atomic mass is 16.5. The molecule has 1 aromatic rings. The van der Waals surface area contributed by atoms with E-state index in [0.717, 1.165) is 37.4 Å². The second kappa shape index (κ2) is 7.46. The van der Waals surface area contributed by atoms with Crippen molar-refractivity contribution >= 4 is 5.91 Å². The summed E-state index contributed by atoms with van der Waals surface area (Å²) in [5.41, 5.74) is 2.29. The standard InChI is InChI=1S/C17H26N2O2/c1-13-4-5-14(2)16(10-13)21-9-7-17(20)19-8-6-15(12-19)11-18-3/h4-5,10,15,18H,6-9,11-12H2,1-3H3. The summed E-state index contributed by atoms with van der Waals surface area (Å²) in [7, 11) is 1.96. The van der Waals surface area contributed by atoms with Crippen molar-refractivity contribution in [2.75, 3.05) is 33.3 Å². The molecule has 0 saturated carbocycles. The van der Waals surface area contributed by atoms with Crippen molar-refractivity contribution in [3.05, 3.63) is 29.3 Å². The second-order valence-electron chi connectivity index (χ2n) is 5.92. The highest BCUT2D eigenvalue weighted by Gasteiger charge is 2.25. The lowest BCUT2D eigenvalue weighted by molar-refractivity contribution is -0.130. The molecule has 2 rings (SSSR count). The second-order valence-corrected chi connectivity index (χ2v) is 5.92. The topological polar surface area (TPSA) is 41.6 Å². The maximum Gasteiger partial charge on any atom is 0.226 e. The summed E-state index contributed by atoms with van der Waals surface area (Å²) < 4.78 is 5.76. The molecule has 1 N–H and O–H groups in total. The van der Waals surface area contributed by atoms with Crippen LogP contribution in [0.1, 0.15) is 24.0 Å². The number of nitrogens with zero attached hydrogens (tertiary/aromatic N) is 1. The Bertz CT molecular complexity index is 488. The first-order chi connectivity index (χ1) is 10.1. The molecule has 0 aromatic heterocycles. The van der Waals surface area contributed by atoms with Gasteiger partial charge in [0.25, 0.3) is 0 Å². The molecule has 1 fully saturated rings. The predicted molar refractivity (Wildman–Crippen MR) is 84.6 cm³/mol. The lowest BCUT2D eigenvalue weighted by Crippen LogP contribution is -2.31. The number of nitrogens with one attached hydrogen (secondary N) is 1. The summed E-state index contributed by atoms with van der Waals surface area (Å²) in [5.74, 6) is 1.69. The van der Waals surface area contributed by atoms with Crippen molar-refractivity contribution in [1.82, 2.24) is 10.2 Å². The third-order valence-corrected chi connectivity index (χ3v) is 4.05. The Labute approximate surface area is 127 Å². The van der Waals surface area contributed by atoms with Gasteiger partial charge in [-0.1, -0.05) is 12.1 Å². The van der Waals surface area contributed by atoms with Crippen molar-refractivity contribution in [3.8, 4) is 5.75 Å². The monoisotopic (exact) mass is 290 g/mol. The maximum absolute atomic E-state index is 12.2. The fourth-order valence-electron chi connectivity index (χ4n) is 2.78. The first-order valence-corrected chi connectivity index (χ1v) is 7.72. The zero-order valence-corrected chi connectivity index (χ0v) is 13.3. The van der Waals surface area contributed by atoms with E-state index in [9.17, 15) is 4.79 Å². The van der Waals surface area contributed by atoms with Crippen LogP contribution >= 0.6 is 0 Å². The minimum absolute atomic E-state index is 0.207. The van der Waals surface area contributed by atoms with Crippen LogP contribution in [-0.4, -0.2) is 44.1 Å². The van der Waals surface area contributed by atoms with Gasteiger partial charge in [0.2, 0.25) is 5.91 Å². The number of rotatable bonds is 6. The molecule has 1 atom stereocenters. The molecule has 1 aromatic carbocycles. The summed E-state index contributed by atoms with van der Waals surface area (Å²) in [6.45, 7) is 7.28. The number of likely N-dealkylation sites (tertiary alicyclic amines) is 1. The Hall–Kier alpha value is -1.55. The van der Waals surface area contributed by atoms with Gasteiger partial charge >= 0.3 is 0 Å². The molecule has 1 heterocycles. The van der Waals surface area contributed by atoms with Gasteiger partial charge in [0.1, 0.15) is 5.75 Å². The Kier molecular flexibility index (Phi) is 5.62. The lowest BCUT2D eigenvalue weighted by Gasteiger charge is -2.17. The van der Waals surface area contributed by atoms with Gasteiger partial charge in [-0.05, 0) is 57.0 Å². The van der Waals surface area contributed by atoms with E-state index >= 15 is 0 Å². The fraction of sp³-hybridized carbons (Fsp3) is 0.588. The quantitative estimate of drug-likeness (QED) is 0.873. The number of hydrogen-bond acceptors (Lipinski definition) is 3. The number of ether oxygens (including phenoxy) is 1. The van der Waals surface area contributed by atoms with Gasteiger partial charge in [-0.25, -0.2) is 0 Å². The van der Waals surface area contributed by atoms with E-state index in [2.05, 4.69) is 17.4 Å². The fourth-order valence-corrected chi connectivity index (χ4v) is 2.78. The highest BCUT2D eigenvalue weighted by molar-refractivity contribution is 5.76. The Morgan fingerprint density at radius 1 is 1.43 bits per heavy atom. The van der Waals surface area contributed by atoms with Crippen LogP contribution in [0.2, 0.25) is 0 Å². The summed E-state index contributed by atoms with van der Waals surface area (Å²) in [6, 6.07) is 6.15. The van der Waals surface area contributed by atoms with Crippen LogP contribution in [-0.2, 0) is 4.79 Å². The van der Waals surface area contributed by atoms with E-state index in [1.54, 1.807) is 0 Å². The molecule has 1 amide bonds. The van der Waals surface area contributed by atoms with E-state index < -0.39 is 0 Å². The van der Waals surface area contributed by atoms with Crippen molar-refractivity contribution in [2.45, 2.75) is 26.7 Å². The van der Waals surface area contributed by atoms with Gasteiger partial charge in [0.05, 0.1) is 13.0 Å². The van der Waals surface area contributed by atoms with Crippen LogP contribution in [0.25, 0.3) is 0 Å². The molecule has 0 aliphatic carbocycles. The van der Waals surface area contributed by atoms with Gasteiger partial charge in [-0.15, -0.1) is 0 Å². The van der Waals surface area contributed by atoms with Crippen LogP contribution in [0.5, 0.6) is 5.75 Å². The molecular weight excluding hydrogens is 264 g/mol. The van der Waals surface area contributed by atoms with E-state index in [-0.39, 0.29) is 5.91 Å². The summed E-state index contributed by atoms with van der Waals surface area (Å²) >= 11 is 0. The molecule has 1 saturated heterocycles. The van der Waals surface area contributed by atoms with Crippen molar-refractivity contribution < 1.29 is 9.53 Å². The van der Waals surface area contributed by atoms with E-state index in [0.29, 0.717) is 18.9 Å². The first kappa shape index (κ1) is 15.8. The Morgan fingerprint density at radius 2 is 2.24 bits per heavy atom. The third kappa shape index (κ3) is 4.46. The largest absolute Gasteiger partial charge is 0.493 e. The smallest absolute Gasteiger partial charge is 0.226 e. The number of carbonyl (C=O) groups is 1. The van der Waals surface area contributed by atoms with Crippen molar-refractivity contribution in [2.24, 2.45) is 5.92 Å². The Morgan fingerprint density at radius 3 is 3.00 bits per heavy atom. The predicted octanol–water partition coefficient (Wildman–Crippen LogP) is 2.14. The third-order valence-electron chi connectivity index (χ3n) is 4.05. The van der Waals surface area contributed by atoms with Crippen LogP contribution in [0.3, 0.4) is 0 Å². The molecule has 0 spiro atoms. The zero-order chi connectivity index (χ0) is 15.2. The molecule has 0 radical (unpaired) electrons. The molecule has 4 nitrogen and oxygen atoms in total. The molecule has 116 valence electrons. The van der Waals surface area contributed by atoms with Gasteiger partial charge < -0.3 is 15.0 Å². The first-order valence-electron chi connectivity index (χ1n) is 7.72. The SMILES string of the molecule is CNCC1CCN(C(=O)CCOc2cc(C)ccc2C)C1. The molecule has 21 heavy (non-hydrogen) atoms. The van der Waals surface area contributed by atoms with Gasteiger partial charge in [0, 0.05) is 13.1 Å². The van der Waals surface area contributed by atoms with Crippen LogP contribution < -0.4 is 10.1 Å². The Balaban J connectivity index is 1.76. The van der Waals surface area contributed by atoms with Crippen LogP contribution in [0, 0.1) is 19.8 Å². The van der Waals surface area contributed by atoms with E-state index in [4.69, 9.17) is 4.74 Å². The lowest BCUT2D eigenvalue weighted by atomic mass is 10.1. The number of aryl methyl sites for hydroxylation is 2. The average Bonchev–Trinajstić information content (AvgIpc) is 2.92. The number of hydrogen-bond donors (Lipinski definition) is 1. The molecular formula is C17H26N2O2. The van der Waals surface area contributed by atoms with Gasteiger partial charge in [-0.2, -0.15) is 0 Å². The number of benzene rings is 1. The molecule has 0 bridgehead atoms. The summed E-state index contributed by atoms with van der Waals surface area (Å²) in [4.78, 5) is 14.1. The highest BCUT2D eigenvalue weighted by Crippen LogP contribution is 2.20. The molecule has 1 aliphatic heterocycles. The van der Waals surface area contributed by atoms with Crippen molar-refractivity contribution in [3.63, 3.8) is 0 Å². The molecule has 1 aliphatic rings. The number of amides is 1. The molecule has 4 heteroatoms.